The summed E-state index contributed by atoms with van der Waals surface area (Å²) in [4.78, 5) is 11.4. The van der Waals surface area contributed by atoms with Crippen molar-refractivity contribution >= 4 is 6.03 Å². The summed E-state index contributed by atoms with van der Waals surface area (Å²) in [5.41, 5.74) is 5.83. The summed E-state index contributed by atoms with van der Waals surface area (Å²) in [5.74, 6) is 0.634. The van der Waals surface area contributed by atoms with Crippen LogP contribution in [0.4, 0.5) is 4.79 Å². The van der Waals surface area contributed by atoms with Gasteiger partial charge in [0.2, 0.25) is 0 Å². The summed E-state index contributed by atoms with van der Waals surface area (Å²) >= 11 is 0. The van der Waals surface area contributed by atoms with E-state index in [1.165, 1.54) is 0 Å². The van der Waals surface area contributed by atoms with Gasteiger partial charge in [0.25, 0.3) is 0 Å². The van der Waals surface area contributed by atoms with Crippen LogP contribution in [0.5, 0.6) is 0 Å². The maximum atomic E-state index is 11.4. The highest BCUT2D eigenvalue weighted by Crippen LogP contribution is 2.22. The molecule has 0 spiro atoms. The van der Waals surface area contributed by atoms with Crippen LogP contribution in [-0.4, -0.2) is 24.7 Å². The molecule has 4 heteroatoms. The zero-order valence-electron chi connectivity index (χ0n) is 9.17. The van der Waals surface area contributed by atoms with Crippen molar-refractivity contribution in [3.8, 4) is 0 Å². The summed E-state index contributed by atoms with van der Waals surface area (Å²) in [6.07, 6.45) is 6.82. The Kier molecular flexibility index (Phi) is 3.46. The first kappa shape index (κ1) is 10.7. The lowest BCUT2D eigenvalue weighted by Gasteiger charge is -2.26. The number of carbonyl (C=O) groups is 1. The monoisotopic (exact) mass is 211 g/mol. The molecule has 4 N–H and O–H groups in total. The Hall–Kier alpha value is -0.770. The van der Waals surface area contributed by atoms with E-state index >= 15 is 0 Å². The van der Waals surface area contributed by atoms with Gasteiger partial charge in [-0.05, 0) is 44.4 Å². The minimum atomic E-state index is 0.00683. The first-order valence-corrected chi connectivity index (χ1v) is 6.04. The third-order valence-corrected chi connectivity index (χ3v) is 3.36. The smallest absolute Gasteiger partial charge is 0.315 e. The number of carbonyl (C=O) groups excluding carboxylic acids is 1. The van der Waals surface area contributed by atoms with E-state index in [0.717, 1.165) is 45.1 Å². The largest absolute Gasteiger partial charge is 0.338 e. The average molecular weight is 211 g/mol. The van der Waals surface area contributed by atoms with E-state index in [4.69, 9.17) is 5.73 Å². The number of nitrogens with two attached hydrogens (primary N) is 1. The number of hydrogen-bond donors (Lipinski definition) is 3. The molecule has 2 amide bonds. The molecule has 0 unspecified atom stereocenters. The molecule has 0 heterocycles. The molecular formula is C11H21N3O. The van der Waals surface area contributed by atoms with Gasteiger partial charge >= 0.3 is 6.03 Å². The molecule has 86 valence electrons. The highest BCUT2D eigenvalue weighted by molar-refractivity contribution is 5.74. The van der Waals surface area contributed by atoms with Crippen LogP contribution in [0.15, 0.2) is 0 Å². The number of rotatable bonds is 3. The van der Waals surface area contributed by atoms with Crippen molar-refractivity contribution < 1.29 is 4.79 Å². The van der Waals surface area contributed by atoms with Gasteiger partial charge in [0.1, 0.15) is 0 Å². The quantitative estimate of drug-likeness (QED) is 0.651. The second-order valence-electron chi connectivity index (χ2n) is 4.91. The van der Waals surface area contributed by atoms with Gasteiger partial charge in [0.05, 0.1) is 0 Å². The lowest BCUT2D eigenvalue weighted by Crippen LogP contribution is -2.40. The molecule has 0 bridgehead atoms. The molecular weight excluding hydrogens is 190 g/mol. The van der Waals surface area contributed by atoms with Gasteiger partial charge in [-0.15, -0.1) is 0 Å². The molecule has 0 aromatic carbocycles. The number of urea groups is 1. The van der Waals surface area contributed by atoms with Crippen LogP contribution in [0.2, 0.25) is 0 Å². The SMILES string of the molecule is NC1CCC(CNC(=O)NC2CC2)CC1. The fraction of sp³-hybridized carbons (Fsp3) is 0.909. The number of nitrogens with one attached hydrogen (secondary N) is 2. The van der Waals surface area contributed by atoms with E-state index in [1.807, 2.05) is 0 Å². The summed E-state index contributed by atoms with van der Waals surface area (Å²) in [6, 6.07) is 0.846. The van der Waals surface area contributed by atoms with Gasteiger partial charge in [-0.3, -0.25) is 0 Å². The van der Waals surface area contributed by atoms with Crippen molar-refractivity contribution in [3.05, 3.63) is 0 Å². The average Bonchev–Trinajstić information content (AvgIpc) is 3.01. The second-order valence-corrected chi connectivity index (χ2v) is 4.91. The molecule has 0 aromatic rings. The fourth-order valence-corrected chi connectivity index (χ4v) is 2.09. The van der Waals surface area contributed by atoms with Crippen LogP contribution >= 0.6 is 0 Å². The molecule has 0 radical (unpaired) electrons. The first-order chi connectivity index (χ1) is 7.24. The summed E-state index contributed by atoms with van der Waals surface area (Å²) in [5, 5.41) is 5.88. The predicted molar refractivity (Wildman–Crippen MR) is 59.5 cm³/mol. The maximum absolute atomic E-state index is 11.4. The Bertz CT molecular complexity index is 220. The molecule has 2 rings (SSSR count). The summed E-state index contributed by atoms with van der Waals surface area (Å²) < 4.78 is 0. The van der Waals surface area contributed by atoms with E-state index in [2.05, 4.69) is 10.6 Å². The van der Waals surface area contributed by atoms with E-state index < -0.39 is 0 Å². The van der Waals surface area contributed by atoms with Crippen LogP contribution in [0.3, 0.4) is 0 Å². The predicted octanol–water partition coefficient (Wildman–Crippen LogP) is 0.965. The lowest BCUT2D eigenvalue weighted by molar-refractivity contribution is 0.235. The molecule has 2 fully saturated rings. The molecule has 2 saturated carbocycles. The minimum Gasteiger partial charge on any atom is -0.338 e. The second kappa shape index (κ2) is 4.84. The zero-order valence-corrected chi connectivity index (χ0v) is 9.17. The van der Waals surface area contributed by atoms with E-state index in [0.29, 0.717) is 18.0 Å². The Morgan fingerprint density at radius 1 is 1.13 bits per heavy atom. The number of hydrogen-bond acceptors (Lipinski definition) is 2. The standard InChI is InChI=1S/C11H21N3O/c12-9-3-1-8(2-4-9)7-13-11(15)14-10-5-6-10/h8-10H,1-7,12H2,(H2,13,14,15). The van der Waals surface area contributed by atoms with Crippen LogP contribution in [0.1, 0.15) is 38.5 Å². The topological polar surface area (TPSA) is 67.1 Å². The van der Waals surface area contributed by atoms with Gasteiger partial charge in [0.15, 0.2) is 0 Å². The van der Waals surface area contributed by atoms with Crippen molar-refractivity contribution in [2.45, 2.75) is 50.6 Å². The third-order valence-electron chi connectivity index (χ3n) is 3.36. The van der Waals surface area contributed by atoms with Crippen LogP contribution in [-0.2, 0) is 0 Å². The zero-order chi connectivity index (χ0) is 10.7. The fourth-order valence-electron chi connectivity index (χ4n) is 2.09. The molecule has 2 aliphatic carbocycles. The molecule has 0 aromatic heterocycles. The highest BCUT2D eigenvalue weighted by atomic mass is 16.2. The van der Waals surface area contributed by atoms with E-state index in [9.17, 15) is 4.79 Å². The van der Waals surface area contributed by atoms with E-state index in [1.54, 1.807) is 0 Å². The Morgan fingerprint density at radius 2 is 1.80 bits per heavy atom. The van der Waals surface area contributed by atoms with Crippen LogP contribution in [0.25, 0.3) is 0 Å². The molecule has 15 heavy (non-hydrogen) atoms. The maximum Gasteiger partial charge on any atom is 0.315 e. The van der Waals surface area contributed by atoms with Crippen LogP contribution < -0.4 is 16.4 Å². The lowest BCUT2D eigenvalue weighted by atomic mass is 9.86. The van der Waals surface area contributed by atoms with Gasteiger partial charge in [0, 0.05) is 18.6 Å². The molecule has 0 saturated heterocycles. The van der Waals surface area contributed by atoms with Crippen molar-refractivity contribution in [3.63, 3.8) is 0 Å². The van der Waals surface area contributed by atoms with Crippen molar-refractivity contribution in [1.82, 2.24) is 10.6 Å². The minimum absolute atomic E-state index is 0.00683. The summed E-state index contributed by atoms with van der Waals surface area (Å²) in [6.45, 7) is 0.811. The first-order valence-electron chi connectivity index (χ1n) is 6.04. The van der Waals surface area contributed by atoms with Gasteiger partial charge in [-0.25, -0.2) is 4.79 Å². The van der Waals surface area contributed by atoms with Crippen molar-refractivity contribution in [2.24, 2.45) is 11.7 Å². The Labute approximate surface area is 91.0 Å². The molecule has 4 nitrogen and oxygen atoms in total. The van der Waals surface area contributed by atoms with E-state index in [-0.39, 0.29) is 6.03 Å². The van der Waals surface area contributed by atoms with Crippen molar-refractivity contribution in [2.75, 3.05) is 6.54 Å². The Balaban J connectivity index is 1.58. The third kappa shape index (κ3) is 3.70. The molecule has 0 aliphatic heterocycles. The highest BCUT2D eigenvalue weighted by Gasteiger charge is 2.24. The van der Waals surface area contributed by atoms with Crippen molar-refractivity contribution in [1.29, 1.82) is 0 Å². The summed E-state index contributed by atoms with van der Waals surface area (Å²) in [7, 11) is 0. The van der Waals surface area contributed by atoms with Crippen LogP contribution in [0, 0.1) is 5.92 Å². The Morgan fingerprint density at radius 3 is 2.40 bits per heavy atom. The van der Waals surface area contributed by atoms with Gasteiger partial charge in [-0.1, -0.05) is 0 Å². The van der Waals surface area contributed by atoms with Gasteiger partial charge < -0.3 is 16.4 Å². The molecule has 0 atom stereocenters. The number of amides is 2. The molecule has 2 aliphatic rings. The van der Waals surface area contributed by atoms with Gasteiger partial charge in [-0.2, -0.15) is 0 Å². The normalized spacial score (nSPS) is 31.0.